The maximum atomic E-state index is 12.7. The summed E-state index contributed by atoms with van der Waals surface area (Å²) in [7, 11) is 0. The Hall–Kier alpha value is -3.01. The molecular weight excluding hydrogens is 549 g/mol. The fourth-order valence-electron chi connectivity index (χ4n) is 4.01. The number of carboxylic acids is 1. The second-order valence-corrected chi connectivity index (χ2v) is 10.4. The van der Waals surface area contributed by atoms with Crippen molar-refractivity contribution in [3.05, 3.63) is 69.7 Å². The van der Waals surface area contributed by atoms with Gasteiger partial charge in [0.1, 0.15) is 6.04 Å². The highest BCUT2D eigenvalue weighted by Gasteiger charge is 2.30. The number of carboxylic acid groups (broad SMARTS) is 1. The molecule has 3 rings (SSSR count). The summed E-state index contributed by atoms with van der Waals surface area (Å²) in [4.78, 5) is 51.7. The van der Waals surface area contributed by atoms with Crippen LogP contribution in [-0.2, 0) is 25.6 Å². The number of piperidine rings is 1. The van der Waals surface area contributed by atoms with Crippen molar-refractivity contribution in [3.63, 3.8) is 0 Å². The second-order valence-electron chi connectivity index (χ2n) is 8.78. The topological polar surface area (TPSA) is 116 Å². The van der Waals surface area contributed by atoms with Crippen molar-refractivity contribution in [1.82, 2.24) is 15.5 Å². The van der Waals surface area contributed by atoms with E-state index in [2.05, 4.69) is 10.6 Å². The van der Waals surface area contributed by atoms with Gasteiger partial charge in [0, 0.05) is 36.5 Å². The molecule has 1 aliphatic rings. The third kappa shape index (κ3) is 8.24. The van der Waals surface area contributed by atoms with Crippen LogP contribution in [0.4, 0.5) is 0 Å². The molecule has 0 aromatic heterocycles. The summed E-state index contributed by atoms with van der Waals surface area (Å²) in [6, 6.07) is 11.5. The lowest BCUT2D eigenvalue weighted by Gasteiger charge is -2.31. The van der Waals surface area contributed by atoms with E-state index in [1.54, 1.807) is 29.2 Å². The molecule has 3 N–H and O–H groups in total. The Balaban J connectivity index is 1.47. The summed E-state index contributed by atoms with van der Waals surface area (Å²) in [6.45, 7) is 0.485. The van der Waals surface area contributed by atoms with Crippen LogP contribution in [0.1, 0.15) is 24.0 Å². The van der Waals surface area contributed by atoms with Crippen LogP contribution in [0.5, 0.6) is 0 Å². The number of rotatable bonds is 10. The van der Waals surface area contributed by atoms with Crippen molar-refractivity contribution in [2.24, 2.45) is 5.92 Å². The molecule has 8 nitrogen and oxygen atoms in total. The molecule has 1 atom stereocenters. The normalized spacial score (nSPS) is 14.8. The Morgan fingerprint density at radius 1 is 1.08 bits per heavy atom. The molecule has 2 aromatic carbocycles. The number of nitrogens with one attached hydrogen (secondary N) is 2. The Kier molecular flexibility index (Phi) is 11.1. The zero-order chi connectivity index (χ0) is 27.7. The molecule has 0 aliphatic carbocycles. The zero-order valence-corrected chi connectivity index (χ0v) is 23.1. The summed E-state index contributed by atoms with van der Waals surface area (Å²) in [5.74, 6) is -2.62. The van der Waals surface area contributed by atoms with E-state index < -0.39 is 23.8 Å². The van der Waals surface area contributed by atoms with E-state index in [1.807, 2.05) is 30.5 Å². The summed E-state index contributed by atoms with van der Waals surface area (Å²) >= 11 is 14.0. The number of halogens is 2. The van der Waals surface area contributed by atoms with Crippen LogP contribution in [0.3, 0.4) is 0 Å². The number of amides is 3. The number of hydrogen-bond donors (Lipinski definition) is 3. The first-order valence-corrected chi connectivity index (χ1v) is 14.0. The van der Waals surface area contributed by atoms with E-state index in [0.717, 1.165) is 10.5 Å². The number of aliphatic carboxylic acids is 1. The molecule has 202 valence electrons. The highest BCUT2D eigenvalue weighted by Crippen LogP contribution is 2.35. The van der Waals surface area contributed by atoms with Gasteiger partial charge in [-0.2, -0.15) is 0 Å². The van der Waals surface area contributed by atoms with E-state index in [4.69, 9.17) is 23.2 Å². The fraction of sp³-hybridized carbons (Fsp3) is 0.333. The number of benzene rings is 2. The van der Waals surface area contributed by atoms with E-state index in [1.165, 1.54) is 17.8 Å². The number of hydrogen-bond acceptors (Lipinski definition) is 5. The van der Waals surface area contributed by atoms with Gasteiger partial charge in [0.25, 0.3) is 0 Å². The minimum absolute atomic E-state index is 0.115. The predicted molar refractivity (Wildman–Crippen MR) is 149 cm³/mol. The summed E-state index contributed by atoms with van der Waals surface area (Å²) in [5.41, 5.74) is 1.44. The lowest BCUT2D eigenvalue weighted by molar-refractivity contribution is -0.142. The average molecular weight is 579 g/mol. The van der Waals surface area contributed by atoms with Crippen LogP contribution in [-0.4, -0.2) is 65.6 Å². The fourth-order valence-corrected chi connectivity index (χ4v) is 5.18. The van der Waals surface area contributed by atoms with Gasteiger partial charge in [-0.1, -0.05) is 59.6 Å². The first-order valence-electron chi connectivity index (χ1n) is 12.0. The molecule has 0 saturated carbocycles. The van der Waals surface area contributed by atoms with Gasteiger partial charge in [0.05, 0.1) is 16.5 Å². The number of likely N-dealkylation sites (tertiary alicyclic amines) is 1. The van der Waals surface area contributed by atoms with Crippen molar-refractivity contribution < 1.29 is 24.3 Å². The summed E-state index contributed by atoms with van der Waals surface area (Å²) in [6.07, 6.45) is 5.84. The van der Waals surface area contributed by atoms with Crippen LogP contribution < -0.4 is 10.6 Å². The molecule has 1 aliphatic heterocycles. The van der Waals surface area contributed by atoms with Crippen LogP contribution in [0.25, 0.3) is 6.08 Å². The van der Waals surface area contributed by atoms with E-state index >= 15 is 0 Å². The first kappa shape index (κ1) is 29.5. The third-order valence-electron chi connectivity index (χ3n) is 6.20. The third-order valence-corrected chi connectivity index (χ3v) is 7.99. The lowest BCUT2D eigenvalue weighted by Crippen LogP contribution is -2.51. The van der Waals surface area contributed by atoms with Gasteiger partial charge in [-0.3, -0.25) is 14.4 Å². The maximum Gasteiger partial charge on any atom is 0.328 e. The van der Waals surface area contributed by atoms with Gasteiger partial charge in [0.15, 0.2) is 0 Å². The lowest BCUT2D eigenvalue weighted by atomic mass is 9.95. The quantitative estimate of drug-likeness (QED) is 0.291. The second kappa shape index (κ2) is 14.2. The Morgan fingerprint density at radius 3 is 2.39 bits per heavy atom. The number of thioether (sulfide) groups is 1. The van der Waals surface area contributed by atoms with Crippen molar-refractivity contribution in [2.45, 2.75) is 30.2 Å². The van der Waals surface area contributed by atoms with E-state index in [9.17, 15) is 24.3 Å². The Bertz CT molecular complexity index is 1200. The average Bonchev–Trinajstić information content (AvgIpc) is 2.92. The molecular formula is C27H29Cl2N3O5S. The number of carbonyl (C=O) groups is 4. The largest absolute Gasteiger partial charge is 0.480 e. The van der Waals surface area contributed by atoms with Crippen molar-refractivity contribution in [1.29, 1.82) is 0 Å². The predicted octanol–water partition coefficient (Wildman–Crippen LogP) is 3.90. The standard InChI is InChI=1S/C27H29Cl2N3O5S/c1-38-21-9-7-18(24(28)25(21)29)8-10-23(34)32-13-11-19(12-14-32)26(35)31-20(27(36)37)16-30-22(33)15-17-5-3-2-4-6-17/h2-10,19-20H,11-16H2,1H3,(H,30,33)(H,31,35)(H,36,37). The van der Waals surface area contributed by atoms with Crippen molar-refractivity contribution >= 4 is 64.7 Å². The minimum Gasteiger partial charge on any atom is -0.480 e. The van der Waals surface area contributed by atoms with Gasteiger partial charge < -0.3 is 20.6 Å². The smallest absolute Gasteiger partial charge is 0.328 e. The van der Waals surface area contributed by atoms with Crippen molar-refractivity contribution in [2.75, 3.05) is 25.9 Å². The molecule has 1 saturated heterocycles. The molecule has 1 heterocycles. The highest BCUT2D eigenvalue weighted by molar-refractivity contribution is 7.98. The van der Waals surface area contributed by atoms with Gasteiger partial charge in [-0.15, -0.1) is 11.8 Å². The van der Waals surface area contributed by atoms with Crippen LogP contribution in [0.2, 0.25) is 10.0 Å². The van der Waals surface area contributed by atoms with Crippen molar-refractivity contribution in [3.8, 4) is 0 Å². The molecule has 2 aromatic rings. The summed E-state index contributed by atoms with van der Waals surface area (Å²) < 4.78 is 0. The maximum absolute atomic E-state index is 12.7. The monoisotopic (exact) mass is 577 g/mol. The molecule has 1 fully saturated rings. The molecule has 0 radical (unpaired) electrons. The Morgan fingerprint density at radius 2 is 1.76 bits per heavy atom. The van der Waals surface area contributed by atoms with Gasteiger partial charge >= 0.3 is 5.97 Å². The van der Waals surface area contributed by atoms with Crippen LogP contribution in [0, 0.1) is 5.92 Å². The number of nitrogens with zero attached hydrogens (tertiary/aromatic N) is 1. The number of carbonyl (C=O) groups excluding carboxylic acids is 3. The molecule has 1 unspecified atom stereocenters. The highest BCUT2D eigenvalue weighted by atomic mass is 35.5. The minimum atomic E-state index is -1.25. The van der Waals surface area contributed by atoms with Gasteiger partial charge in [-0.05, 0) is 42.4 Å². The Labute approximate surface area is 235 Å². The van der Waals surface area contributed by atoms with Gasteiger partial charge in [0.2, 0.25) is 17.7 Å². The van der Waals surface area contributed by atoms with Crippen LogP contribution >= 0.6 is 35.0 Å². The van der Waals surface area contributed by atoms with E-state index in [0.29, 0.717) is 41.5 Å². The summed E-state index contributed by atoms with van der Waals surface area (Å²) in [5, 5.41) is 15.4. The van der Waals surface area contributed by atoms with E-state index in [-0.39, 0.29) is 24.8 Å². The molecule has 11 heteroatoms. The van der Waals surface area contributed by atoms with Gasteiger partial charge in [-0.25, -0.2) is 4.79 Å². The zero-order valence-electron chi connectivity index (χ0n) is 20.8. The van der Waals surface area contributed by atoms with Crippen LogP contribution in [0.15, 0.2) is 53.4 Å². The molecule has 38 heavy (non-hydrogen) atoms. The molecule has 0 spiro atoms. The molecule has 0 bridgehead atoms. The SMILES string of the molecule is CSc1ccc(C=CC(=O)N2CCC(C(=O)NC(CNC(=O)Cc3ccccc3)C(=O)O)CC2)c(Cl)c1Cl. The first-order chi connectivity index (χ1) is 18.2. The molecule has 3 amide bonds.